The highest BCUT2D eigenvalue weighted by Gasteiger charge is 2.18. The average Bonchev–Trinajstić information content (AvgIpc) is 3.48. The molecule has 2 aromatic carbocycles. The van der Waals surface area contributed by atoms with E-state index in [1.54, 1.807) is 30.2 Å². The summed E-state index contributed by atoms with van der Waals surface area (Å²) in [5, 5.41) is 9.65. The summed E-state index contributed by atoms with van der Waals surface area (Å²) in [6, 6.07) is 21.0. The van der Waals surface area contributed by atoms with Crippen molar-refractivity contribution < 1.29 is 14.3 Å². The van der Waals surface area contributed by atoms with Gasteiger partial charge in [-0.3, -0.25) is 4.79 Å². The van der Waals surface area contributed by atoms with Gasteiger partial charge < -0.3 is 14.8 Å². The van der Waals surface area contributed by atoms with E-state index in [0.717, 1.165) is 21.8 Å². The third kappa shape index (κ3) is 4.06. The number of carbonyl (C=O) groups is 1. The average molecular weight is 420 g/mol. The standard InChI is InChI=1S/C23H21N3O3S/c1-28-20-11-10-16(13-21(20)29-2)15-24-23(27)19-14-18(22-9-6-12-30-22)25-26(19)17-7-4-3-5-8-17/h3-14H,15H2,1-2H3,(H,24,27). The zero-order chi connectivity index (χ0) is 20.9. The number of para-hydroxylation sites is 1. The summed E-state index contributed by atoms with van der Waals surface area (Å²) in [5.74, 6) is 1.07. The summed E-state index contributed by atoms with van der Waals surface area (Å²) >= 11 is 1.59. The molecule has 152 valence electrons. The zero-order valence-corrected chi connectivity index (χ0v) is 17.5. The number of benzene rings is 2. The van der Waals surface area contributed by atoms with Crippen LogP contribution in [0, 0.1) is 0 Å². The number of hydrogen-bond donors (Lipinski definition) is 1. The van der Waals surface area contributed by atoms with Gasteiger partial charge in [0.1, 0.15) is 11.4 Å². The van der Waals surface area contributed by atoms with Crippen LogP contribution < -0.4 is 14.8 Å². The van der Waals surface area contributed by atoms with E-state index in [2.05, 4.69) is 10.4 Å². The maximum atomic E-state index is 13.0. The first-order valence-electron chi connectivity index (χ1n) is 9.38. The van der Waals surface area contributed by atoms with Crippen LogP contribution in [0.4, 0.5) is 0 Å². The van der Waals surface area contributed by atoms with E-state index in [1.807, 2.05) is 72.1 Å². The van der Waals surface area contributed by atoms with E-state index in [4.69, 9.17) is 9.47 Å². The third-order valence-corrected chi connectivity index (χ3v) is 5.51. The second kappa shape index (κ2) is 8.84. The van der Waals surface area contributed by atoms with Crippen molar-refractivity contribution in [1.82, 2.24) is 15.1 Å². The number of aromatic nitrogens is 2. The van der Waals surface area contributed by atoms with Gasteiger partial charge in [0.05, 0.1) is 24.8 Å². The molecule has 1 N–H and O–H groups in total. The molecule has 6 nitrogen and oxygen atoms in total. The minimum atomic E-state index is -0.205. The Hall–Kier alpha value is -3.58. The molecule has 0 unspecified atom stereocenters. The summed E-state index contributed by atoms with van der Waals surface area (Å²) in [7, 11) is 3.18. The van der Waals surface area contributed by atoms with E-state index in [-0.39, 0.29) is 5.91 Å². The second-order valence-electron chi connectivity index (χ2n) is 6.51. The Labute approximate surface area is 178 Å². The van der Waals surface area contributed by atoms with Crippen LogP contribution in [0.2, 0.25) is 0 Å². The highest BCUT2D eigenvalue weighted by molar-refractivity contribution is 7.13. The summed E-state index contributed by atoms with van der Waals surface area (Å²) in [5.41, 5.74) is 2.98. The molecule has 4 aromatic rings. The molecule has 0 aliphatic carbocycles. The van der Waals surface area contributed by atoms with Gasteiger partial charge in [0.15, 0.2) is 11.5 Å². The molecule has 1 amide bonds. The van der Waals surface area contributed by atoms with Gasteiger partial charge in [0, 0.05) is 6.54 Å². The SMILES string of the molecule is COc1ccc(CNC(=O)c2cc(-c3cccs3)nn2-c2ccccc2)cc1OC. The lowest BCUT2D eigenvalue weighted by Gasteiger charge is -2.11. The molecule has 0 aliphatic rings. The van der Waals surface area contributed by atoms with Gasteiger partial charge in [-0.25, -0.2) is 4.68 Å². The van der Waals surface area contributed by atoms with Crippen LogP contribution in [0.3, 0.4) is 0 Å². The molecule has 0 saturated carbocycles. The first-order chi connectivity index (χ1) is 14.7. The van der Waals surface area contributed by atoms with Crippen LogP contribution in [-0.4, -0.2) is 29.9 Å². The summed E-state index contributed by atoms with van der Waals surface area (Å²) in [6.45, 7) is 0.355. The smallest absolute Gasteiger partial charge is 0.270 e. The van der Waals surface area contributed by atoms with E-state index >= 15 is 0 Å². The molecule has 0 aliphatic heterocycles. The lowest BCUT2D eigenvalue weighted by molar-refractivity contribution is 0.0943. The van der Waals surface area contributed by atoms with Gasteiger partial charge in [-0.2, -0.15) is 5.10 Å². The van der Waals surface area contributed by atoms with E-state index in [0.29, 0.717) is 23.7 Å². The van der Waals surface area contributed by atoms with Crippen molar-refractivity contribution in [3.63, 3.8) is 0 Å². The van der Waals surface area contributed by atoms with Gasteiger partial charge in [0.25, 0.3) is 5.91 Å². The summed E-state index contributed by atoms with van der Waals surface area (Å²) in [6.07, 6.45) is 0. The number of nitrogens with one attached hydrogen (secondary N) is 1. The molecule has 0 radical (unpaired) electrons. The fourth-order valence-electron chi connectivity index (χ4n) is 3.12. The van der Waals surface area contributed by atoms with Crippen LogP contribution in [0.15, 0.2) is 72.1 Å². The first-order valence-corrected chi connectivity index (χ1v) is 10.3. The molecule has 2 heterocycles. The minimum absolute atomic E-state index is 0.205. The fraction of sp³-hybridized carbons (Fsp3) is 0.130. The fourth-order valence-corrected chi connectivity index (χ4v) is 3.80. The lowest BCUT2D eigenvalue weighted by Crippen LogP contribution is -2.25. The Balaban J connectivity index is 1.60. The highest BCUT2D eigenvalue weighted by atomic mass is 32.1. The molecule has 0 bridgehead atoms. The Morgan fingerprint density at radius 2 is 1.80 bits per heavy atom. The maximum Gasteiger partial charge on any atom is 0.270 e. The van der Waals surface area contributed by atoms with Gasteiger partial charge in [-0.15, -0.1) is 11.3 Å². The van der Waals surface area contributed by atoms with Gasteiger partial charge in [-0.1, -0.05) is 30.3 Å². The number of methoxy groups -OCH3 is 2. The highest BCUT2D eigenvalue weighted by Crippen LogP contribution is 2.28. The van der Waals surface area contributed by atoms with Crippen LogP contribution >= 0.6 is 11.3 Å². The van der Waals surface area contributed by atoms with Crippen molar-refractivity contribution in [2.45, 2.75) is 6.54 Å². The Morgan fingerprint density at radius 1 is 1.00 bits per heavy atom. The topological polar surface area (TPSA) is 65.4 Å². The van der Waals surface area contributed by atoms with E-state index < -0.39 is 0 Å². The largest absolute Gasteiger partial charge is 0.493 e. The van der Waals surface area contributed by atoms with Crippen LogP contribution in [-0.2, 0) is 6.54 Å². The second-order valence-corrected chi connectivity index (χ2v) is 7.46. The summed E-state index contributed by atoms with van der Waals surface area (Å²) in [4.78, 5) is 14.1. The van der Waals surface area contributed by atoms with E-state index in [9.17, 15) is 4.79 Å². The maximum absolute atomic E-state index is 13.0. The number of hydrogen-bond acceptors (Lipinski definition) is 5. The van der Waals surface area contributed by atoms with Crippen LogP contribution in [0.25, 0.3) is 16.3 Å². The van der Waals surface area contributed by atoms with Crippen molar-refractivity contribution in [2.75, 3.05) is 14.2 Å². The number of ether oxygens (including phenoxy) is 2. The van der Waals surface area contributed by atoms with Crippen molar-refractivity contribution >= 4 is 17.2 Å². The molecular weight excluding hydrogens is 398 g/mol. The molecule has 0 saturated heterocycles. The molecule has 2 aromatic heterocycles. The monoisotopic (exact) mass is 419 g/mol. The number of amides is 1. The zero-order valence-electron chi connectivity index (χ0n) is 16.7. The number of nitrogens with zero attached hydrogens (tertiary/aromatic N) is 2. The van der Waals surface area contributed by atoms with E-state index in [1.165, 1.54) is 0 Å². The Kier molecular flexibility index (Phi) is 5.81. The molecule has 0 fully saturated rings. The predicted octanol–water partition coefficient (Wildman–Crippen LogP) is 4.55. The summed E-state index contributed by atoms with van der Waals surface area (Å²) < 4.78 is 12.3. The molecule has 0 spiro atoms. The molecule has 7 heteroatoms. The number of rotatable bonds is 7. The number of carbonyl (C=O) groups excluding carboxylic acids is 1. The third-order valence-electron chi connectivity index (χ3n) is 4.62. The van der Waals surface area contributed by atoms with Gasteiger partial charge in [-0.05, 0) is 47.3 Å². The van der Waals surface area contributed by atoms with Crippen molar-refractivity contribution in [3.05, 3.63) is 83.4 Å². The first kappa shape index (κ1) is 19.7. The predicted molar refractivity (Wildman–Crippen MR) is 118 cm³/mol. The van der Waals surface area contributed by atoms with Crippen molar-refractivity contribution in [1.29, 1.82) is 0 Å². The minimum Gasteiger partial charge on any atom is -0.493 e. The molecule has 30 heavy (non-hydrogen) atoms. The lowest BCUT2D eigenvalue weighted by atomic mass is 10.2. The van der Waals surface area contributed by atoms with Crippen molar-refractivity contribution in [2.24, 2.45) is 0 Å². The molecule has 0 atom stereocenters. The van der Waals surface area contributed by atoms with Crippen LogP contribution in [0.1, 0.15) is 16.1 Å². The number of thiophene rings is 1. The molecule has 4 rings (SSSR count). The van der Waals surface area contributed by atoms with Gasteiger partial charge in [0.2, 0.25) is 0 Å². The van der Waals surface area contributed by atoms with Gasteiger partial charge >= 0.3 is 0 Å². The van der Waals surface area contributed by atoms with Crippen molar-refractivity contribution in [3.8, 4) is 27.8 Å². The van der Waals surface area contributed by atoms with Crippen LogP contribution in [0.5, 0.6) is 11.5 Å². The Morgan fingerprint density at radius 3 is 2.50 bits per heavy atom. The molecular formula is C23H21N3O3S. The quantitative estimate of drug-likeness (QED) is 0.477. The normalized spacial score (nSPS) is 10.6. The Bertz CT molecular complexity index is 1140.